The van der Waals surface area contributed by atoms with Crippen molar-refractivity contribution in [3.63, 3.8) is 0 Å². The lowest BCUT2D eigenvalue weighted by molar-refractivity contribution is 0.288. The molecule has 0 spiro atoms. The molecule has 0 fully saturated rings. The highest BCUT2D eigenvalue weighted by Gasteiger charge is 2.10. The van der Waals surface area contributed by atoms with Gasteiger partial charge in [-0.15, -0.1) is 0 Å². The molecule has 3 nitrogen and oxygen atoms in total. The molecule has 0 saturated heterocycles. The molecule has 0 heterocycles. The second-order valence-electron chi connectivity index (χ2n) is 5.46. The van der Waals surface area contributed by atoms with Crippen LogP contribution in [0.1, 0.15) is 36.1 Å². The number of anilines is 1. The van der Waals surface area contributed by atoms with Crippen LogP contribution < -0.4 is 5.32 Å². The van der Waals surface area contributed by atoms with Gasteiger partial charge in [-0.1, -0.05) is 29.8 Å². The van der Waals surface area contributed by atoms with Crippen LogP contribution in [0.25, 0.3) is 0 Å². The van der Waals surface area contributed by atoms with E-state index >= 15 is 0 Å². The van der Waals surface area contributed by atoms with Crippen molar-refractivity contribution >= 4 is 5.69 Å². The molecule has 21 heavy (non-hydrogen) atoms. The number of phenols is 1. The number of aliphatic hydroxyl groups excluding tert-OH is 1. The Kier molecular flexibility index (Phi) is 5.23. The zero-order chi connectivity index (χ0) is 15.2. The summed E-state index contributed by atoms with van der Waals surface area (Å²) in [6.45, 7) is 4.27. The number of hydrogen-bond donors (Lipinski definition) is 3. The minimum atomic E-state index is 0.0259. The molecule has 1 atom stereocenters. The predicted octanol–water partition coefficient (Wildman–Crippen LogP) is 3.80. The number of aliphatic hydroxyl groups is 1. The van der Waals surface area contributed by atoms with E-state index in [2.05, 4.69) is 17.4 Å². The Morgan fingerprint density at radius 1 is 1.14 bits per heavy atom. The summed E-state index contributed by atoms with van der Waals surface area (Å²) in [6, 6.07) is 13.9. The molecular weight excluding hydrogens is 262 g/mol. The summed E-state index contributed by atoms with van der Waals surface area (Å²) in [4.78, 5) is 0. The highest BCUT2D eigenvalue weighted by molar-refractivity contribution is 5.49. The number of hydrogen-bond acceptors (Lipinski definition) is 3. The first-order valence-corrected chi connectivity index (χ1v) is 7.36. The van der Waals surface area contributed by atoms with E-state index in [9.17, 15) is 5.11 Å². The molecule has 112 valence electrons. The number of rotatable bonds is 6. The number of aryl methyl sites for hydroxylation is 2. The third-order valence-electron chi connectivity index (χ3n) is 3.58. The first-order valence-electron chi connectivity index (χ1n) is 7.36. The minimum Gasteiger partial charge on any atom is -0.508 e. The lowest BCUT2D eigenvalue weighted by Gasteiger charge is -2.18. The quantitative estimate of drug-likeness (QED) is 0.756. The van der Waals surface area contributed by atoms with E-state index in [1.807, 2.05) is 38.1 Å². The molecule has 1 unspecified atom stereocenters. The van der Waals surface area contributed by atoms with Gasteiger partial charge < -0.3 is 15.5 Å². The first kappa shape index (κ1) is 15.4. The van der Waals surface area contributed by atoms with Crippen LogP contribution in [-0.2, 0) is 6.42 Å². The Morgan fingerprint density at radius 2 is 1.95 bits per heavy atom. The number of aromatic hydroxyl groups is 1. The SMILES string of the molecule is Cc1ccc(O)c(C(C)Nc2cccc(CCCO)c2)c1. The number of phenolic OH excluding ortho intramolecular Hbond substituents is 1. The zero-order valence-corrected chi connectivity index (χ0v) is 12.6. The van der Waals surface area contributed by atoms with Gasteiger partial charge in [-0.3, -0.25) is 0 Å². The molecule has 0 saturated carbocycles. The summed E-state index contributed by atoms with van der Waals surface area (Å²) >= 11 is 0. The van der Waals surface area contributed by atoms with Gasteiger partial charge in [0.15, 0.2) is 0 Å². The minimum absolute atomic E-state index is 0.0259. The molecule has 2 aromatic rings. The van der Waals surface area contributed by atoms with Gasteiger partial charge in [0, 0.05) is 17.9 Å². The topological polar surface area (TPSA) is 52.5 Å². The molecule has 2 rings (SSSR count). The van der Waals surface area contributed by atoms with Gasteiger partial charge >= 0.3 is 0 Å². The zero-order valence-electron chi connectivity index (χ0n) is 12.6. The molecule has 3 N–H and O–H groups in total. The van der Waals surface area contributed by atoms with Gasteiger partial charge in [-0.25, -0.2) is 0 Å². The van der Waals surface area contributed by atoms with E-state index in [-0.39, 0.29) is 12.6 Å². The van der Waals surface area contributed by atoms with E-state index < -0.39 is 0 Å². The summed E-state index contributed by atoms with van der Waals surface area (Å²) in [5, 5.41) is 22.3. The smallest absolute Gasteiger partial charge is 0.120 e. The Bertz CT molecular complexity index is 596. The molecule has 0 amide bonds. The normalized spacial score (nSPS) is 12.1. The van der Waals surface area contributed by atoms with Crippen LogP contribution in [0.4, 0.5) is 5.69 Å². The van der Waals surface area contributed by atoms with Gasteiger partial charge in [-0.05, 0) is 50.5 Å². The highest BCUT2D eigenvalue weighted by atomic mass is 16.3. The fourth-order valence-electron chi connectivity index (χ4n) is 2.45. The first-order chi connectivity index (χ1) is 10.1. The van der Waals surface area contributed by atoms with Crippen molar-refractivity contribution in [1.29, 1.82) is 0 Å². The second-order valence-corrected chi connectivity index (χ2v) is 5.46. The van der Waals surface area contributed by atoms with E-state index in [1.54, 1.807) is 6.07 Å². The van der Waals surface area contributed by atoms with E-state index in [1.165, 1.54) is 5.56 Å². The maximum Gasteiger partial charge on any atom is 0.120 e. The molecular formula is C18H23NO2. The lowest BCUT2D eigenvalue weighted by atomic mass is 10.0. The molecule has 0 aromatic heterocycles. The highest BCUT2D eigenvalue weighted by Crippen LogP contribution is 2.28. The molecule has 0 radical (unpaired) electrons. The lowest BCUT2D eigenvalue weighted by Crippen LogP contribution is -2.07. The van der Waals surface area contributed by atoms with Crippen molar-refractivity contribution in [3.05, 3.63) is 59.2 Å². The van der Waals surface area contributed by atoms with E-state index in [0.717, 1.165) is 29.7 Å². The van der Waals surface area contributed by atoms with Crippen LogP contribution in [0, 0.1) is 6.92 Å². The van der Waals surface area contributed by atoms with Crippen LogP contribution in [0.2, 0.25) is 0 Å². The summed E-state index contributed by atoms with van der Waals surface area (Å²) in [5.41, 5.74) is 4.26. The van der Waals surface area contributed by atoms with Gasteiger partial charge in [0.05, 0.1) is 6.04 Å². The summed E-state index contributed by atoms with van der Waals surface area (Å²) < 4.78 is 0. The summed E-state index contributed by atoms with van der Waals surface area (Å²) in [6.07, 6.45) is 1.65. The monoisotopic (exact) mass is 285 g/mol. The Balaban J connectivity index is 2.11. The number of nitrogens with one attached hydrogen (secondary N) is 1. The molecule has 0 bridgehead atoms. The van der Waals surface area contributed by atoms with Gasteiger partial charge in [0.1, 0.15) is 5.75 Å². The molecule has 0 aliphatic rings. The van der Waals surface area contributed by atoms with Crippen LogP contribution in [0.15, 0.2) is 42.5 Å². The summed E-state index contributed by atoms with van der Waals surface area (Å²) in [5.74, 6) is 0.317. The third-order valence-corrected chi connectivity index (χ3v) is 3.58. The predicted molar refractivity (Wildman–Crippen MR) is 86.7 cm³/mol. The third kappa shape index (κ3) is 4.23. The van der Waals surface area contributed by atoms with Crippen molar-refractivity contribution < 1.29 is 10.2 Å². The molecule has 2 aromatic carbocycles. The van der Waals surface area contributed by atoms with Crippen LogP contribution >= 0.6 is 0 Å². The van der Waals surface area contributed by atoms with Gasteiger partial charge in [-0.2, -0.15) is 0 Å². The fourth-order valence-corrected chi connectivity index (χ4v) is 2.45. The van der Waals surface area contributed by atoms with Crippen molar-refractivity contribution in [2.75, 3.05) is 11.9 Å². The van der Waals surface area contributed by atoms with Crippen molar-refractivity contribution in [1.82, 2.24) is 0 Å². The maximum absolute atomic E-state index is 9.99. The standard InChI is InChI=1S/C18H23NO2/c1-13-8-9-18(21)17(11-13)14(2)19-16-7-3-5-15(12-16)6-4-10-20/h3,5,7-9,11-12,14,19-21H,4,6,10H2,1-2H3. The Labute approximate surface area is 126 Å². The van der Waals surface area contributed by atoms with Crippen molar-refractivity contribution in [2.24, 2.45) is 0 Å². The molecule has 0 aliphatic heterocycles. The van der Waals surface area contributed by atoms with Gasteiger partial charge in [0.25, 0.3) is 0 Å². The van der Waals surface area contributed by atoms with E-state index in [4.69, 9.17) is 5.11 Å². The Morgan fingerprint density at radius 3 is 2.71 bits per heavy atom. The second kappa shape index (κ2) is 7.14. The average Bonchev–Trinajstić information content (AvgIpc) is 2.48. The summed E-state index contributed by atoms with van der Waals surface area (Å²) in [7, 11) is 0. The van der Waals surface area contributed by atoms with Crippen molar-refractivity contribution in [2.45, 2.75) is 32.7 Å². The van der Waals surface area contributed by atoms with Gasteiger partial charge in [0.2, 0.25) is 0 Å². The number of benzene rings is 2. The van der Waals surface area contributed by atoms with Crippen molar-refractivity contribution in [3.8, 4) is 5.75 Å². The average molecular weight is 285 g/mol. The maximum atomic E-state index is 9.99. The van der Waals surface area contributed by atoms with E-state index in [0.29, 0.717) is 5.75 Å². The fraction of sp³-hybridized carbons (Fsp3) is 0.333. The van der Waals surface area contributed by atoms with Crippen LogP contribution in [-0.4, -0.2) is 16.8 Å². The van der Waals surface area contributed by atoms with Crippen LogP contribution in [0.5, 0.6) is 5.75 Å². The largest absolute Gasteiger partial charge is 0.508 e. The molecule has 3 heteroatoms. The Hall–Kier alpha value is -2.00. The molecule has 0 aliphatic carbocycles. The van der Waals surface area contributed by atoms with Crippen LogP contribution in [0.3, 0.4) is 0 Å².